The van der Waals surface area contributed by atoms with Crippen LogP contribution in [0.5, 0.6) is 5.75 Å². The van der Waals surface area contributed by atoms with Gasteiger partial charge in [-0.2, -0.15) is 13.2 Å². The fourth-order valence-electron chi connectivity index (χ4n) is 1.33. The number of anilines is 1. The molecule has 17 heavy (non-hydrogen) atoms. The molecule has 0 bridgehead atoms. The van der Waals surface area contributed by atoms with Gasteiger partial charge in [-0.05, 0) is 18.2 Å². The third-order valence-electron chi connectivity index (χ3n) is 2.18. The number of hydrogen-bond donors (Lipinski definition) is 3. The van der Waals surface area contributed by atoms with Gasteiger partial charge in [-0.15, -0.1) is 0 Å². The zero-order valence-corrected chi connectivity index (χ0v) is 8.42. The highest BCUT2D eigenvalue weighted by Crippen LogP contribution is 2.30. The van der Waals surface area contributed by atoms with Crippen LogP contribution in [0.4, 0.5) is 18.9 Å². The SMILES string of the molecule is Nc1cc(-c2cnc(C(F)(F)F)[nH]2)ccc1O. The number of nitrogens with two attached hydrogens (primary N) is 1. The number of phenols is 1. The number of aromatic nitrogens is 2. The van der Waals surface area contributed by atoms with Gasteiger partial charge in [0, 0.05) is 5.56 Å². The first-order valence-corrected chi connectivity index (χ1v) is 4.59. The first-order valence-electron chi connectivity index (χ1n) is 4.59. The number of alkyl halides is 3. The van der Waals surface area contributed by atoms with E-state index >= 15 is 0 Å². The summed E-state index contributed by atoms with van der Waals surface area (Å²) in [7, 11) is 0. The van der Waals surface area contributed by atoms with E-state index in [1.54, 1.807) is 0 Å². The number of aromatic hydroxyl groups is 1. The van der Waals surface area contributed by atoms with Crippen LogP contribution in [0.25, 0.3) is 11.3 Å². The molecule has 0 atom stereocenters. The minimum Gasteiger partial charge on any atom is -0.506 e. The lowest BCUT2D eigenvalue weighted by Gasteiger charge is -2.03. The summed E-state index contributed by atoms with van der Waals surface area (Å²) in [4.78, 5) is 5.37. The highest BCUT2D eigenvalue weighted by atomic mass is 19.4. The number of nitrogens with zero attached hydrogens (tertiary/aromatic N) is 1. The molecule has 4 nitrogen and oxygen atoms in total. The van der Waals surface area contributed by atoms with Gasteiger partial charge >= 0.3 is 6.18 Å². The number of H-pyrrole nitrogens is 1. The van der Waals surface area contributed by atoms with Crippen molar-refractivity contribution in [1.29, 1.82) is 0 Å². The molecule has 7 heteroatoms. The van der Waals surface area contributed by atoms with E-state index in [0.29, 0.717) is 5.56 Å². The number of phenolic OH excluding ortho intramolecular Hbond substituents is 1. The average molecular weight is 243 g/mol. The summed E-state index contributed by atoms with van der Waals surface area (Å²) in [6.45, 7) is 0. The molecule has 0 saturated heterocycles. The number of rotatable bonds is 1. The lowest BCUT2D eigenvalue weighted by molar-refractivity contribution is -0.144. The molecule has 0 fully saturated rings. The van der Waals surface area contributed by atoms with E-state index in [-0.39, 0.29) is 17.1 Å². The Labute approximate surface area is 93.9 Å². The van der Waals surface area contributed by atoms with Crippen LogP contribution < -0.4 is 5.73 Å². The molecular weight excluding hydrogens is 235 g/mol. The number of hydrogen-bond acceptors (Lipinski definition) is 3. The van der Waals surface area contributed by atoms with Crippen molar-refractivity contribution in [1.82, 2.24) is 9.97 Å². The Balaban J connectivity index is 2.40. The highest BCUT2D eigenvalue weighted by Gasteiger charge is 2.34. The standard InChI is InChI=1S/C10H8F3N3O/c11-10(12,13)9-15-4-7(16-9)5-1-2-8(17)6(14)3-5/h1-4,17H,14H2,(H,15,16). The van der Waals surface area contributed by atoms with E-state index < -0.39 is 12.0 Å². The zero-order valence-electron chi connectivity index (χ0n) is 8.42. The van der Waals surface area contributed by atoms with Crippen LogP contribution in [-0.2, 0) is 6.18 Å². The first kappa shape index (κ1) is 11.3. The largest absolute Gasteiger partial charge is 0.506 e. The van der Waals surface area contributed by atoms with Crippen LogP contribution in [-0.4, -0.2) is 15.1 Å². The average Bonchev–Trinajstić information content (AvgIpc) is 2.70. The number of halogens is 3. The molecule has 0 radical (unpaired) electrons. The summed E-state index contributed by atoms with van der Waals surface area (Å²) in [5, 5.41) is 9.19. The molecule has 0 spiro atoms. The lowest BCUT2D eigenvalue weighted by atomic mass is 10.1. The maximum absolute atomic E-state index is 12.3. The second-order valence-corrected chi connectivity index (χ2v) is 3.42. The first-order chi connectivity index (χ1) is 7.88. The quantitative estimate of drug-likeness (QED) is 0.531. The third kappa shape index (κ3) is 2.17. The van der Waals surface area contributed by atoms with E-state index in [1.807, 2.05) is 0 Å². The molecule has 2 rings (SSSR count). The second kappa shape index (κ2) is 3.69. The third-order valence-corrected chi connectivity index (χ3v) is 2.18. The zero-order chi connectivity index (χ0) is 12.6. The van der Waals surface area contributed by atoms with Crippen molar-refractivity contribution in [2.75, 3.05) is 5.73 Å². The Morgan fingerprint density at radius 1 is 1.29 bits per heavy atom. The predicted octanol–water partition coefficient (Wildman–Crippen LogP) is 2.38. The van der Waals surface area contributed by atoms with E-state index in [1.165, 1.54) is 18.2 Å². The Bertz CT molecular complexity index is 548. The van der Waals surface area contributed by atoms with Gasteiger partial charge in [-0.3, -0.25) is 0 Å². The molecule has 0 aliphatic heterocycles. The maximum Gasteiger partial charge on any atom is 0.449 e. The molecule has 1 heterocycles. The van der Waals surface area contributed by atoms with E-state index in [4.69, 9.17) is 5.73 Å². The van der Waals surface area contributed by atoms with Gasteiger partial charge in [-0.1, -0.05) is 0 Å². The van der Waals surface area contributed by atoms with Gasteiger partial charge in [0.25, 0.3) is 0 Å². The van der Waals surface area contributed by atoms with Crippen LogP contribution >= 0.6 is 0 Å². The predicted molar refractivity (Wildman–Crippen MR) is 55.1 cm³/mol. The van der Waals surface area contributed by atoms with Gasteiger partial charge < -0.3 is 15.8 Å². The fourth-order valence-corrected chi connectivity index (χ4v) is 1.33. The van der Waals surface area contributed by atoms with E-state index in [9.17, 15) is 18.3 Å². The van der Waals surface area contributed by atoms with Crippen molar-refractivity contribution in [2.45, 2.75) is 6.18 Å². The molecule has 90 valence electrons. The fraction of sp³-hybridized carbons (Fsp3) is 0.100. The van der Waals surface area contributed by atoms with Gasteiger partial charge in [0.05, 0.1) is 17.6 Å². The number of nitrogens with one attached hydrogen (secondary N) is 1. The molecule has 0 unspecified atom stereocenters. The van der Waals surface area contributed by atoms with Crippen molar-refractivity contribution in [3.63, 3.8) is 0 Å². The molecule has 1 aromatic heterocycles. The van der Waals surface area contributed by atoms with Crippen molar-refractivity contribution in [3.05, 3.63) is 30.2 Å². The van der Waals surface area contributed by atoms with Crippen molar-refractivity contribution in [3.8, 4) is 17.0 Å². The summed E-state index contributed by atoms with van der Waals surface area (Å²) < 4.78 is 36.9. The monoisotopic (exact) mass is 243 g/mol. The van der Waals surface area contributed by atoms with E-state index in [0.717, 1.165) is 6.20 Å². The Morgan fingerprint density at radius 2 is 2.00 bits per heavy atom. The van der Waals surface area contributed by atoms with Gasteiger partial charge in [-0.25, -0.2) is 4.98 Å². The van der Waals surface area contributed by atoms with Crippen molar-refractivity contribution < 1.29 is 18.3 Å². The minimum absolute atomic E-state index is 0.0886. The van der Waals surface area contributed by atoms with Gasteiger partial charge in [0.2, 0.25) is 5.82 Å². The van der Waals surface area contributed by atoms with Gasteiger partial charge in [0.1, 0.15) is 5.75 Å². The summed E-state index contributed by atoms with van der Waals surface area (Å²) >= 11 is 0. The Hall–Kier alpha value is -2.18. The number of imidazole rings is 1. The van der Waals surface area contributed by atoms with Gasteiger partial charge in [0.15, 0.2) is 0 Å². The maximum atomic E-state index is 12.3. The van der Waals surface area contributed by atoms with Crippen LogP contribution in [0.15, 0.2) is 24.4 Å². The van der Waals surface area contributed by atoms with Crippen LogP contribution in [0.3, 0.4) is 0 Å². The molecule has 1 aromatic carbocycles. The smallest absolute Gasteiger partial charge is 0.449 e. The summed E-state index contributed by atoms with van der Waals surface area (Å²) in [6.07, 6.45) is -3.45. The minimum atomic E-state index is -4.51. The molecule has 2 aromatic rings. The number of aromatic amines is 1. The number of benzene rings is 1. The Morgan fingerprint density at radius 3 is 2.53 bits per heavy atom. The molecule has 0 aliphatic carbocycles. The molecular formula is C10H8F3N3O. The van der Waals surface area contributed by atoms with Crippen molar-refractivity contribution >= 4 is 5.69 Å². The summed E-state index contributed by atoms with van der Waals surface area (Å²) in [6, 6.07) is 4.11. The topological polar surface area (TPSA) is 74.9 Å². The Kier molecular flexibility index (Phi) is 2.45. The second-order valence-electron chi connectivity index (χ2n) is 3.42. The molecule has 0 aliphatic rings. The lowest BCUT2D eigenvalue weighted by Crippen LogP contribution is -2.07. The molecule has 0 saturated carbocycles. The summed E-state index contributed by atoms with van der Waals surface area (Å²) in [5.74, 6) is -1.19. The molecule has 4 N–H and O–H groups in total. The van der Waals surface area contributed by atoms with E-state index in [2.05, 4.69) is 9.97 Å². The van der Waals surface area contributed by atoms with Crippen LogP contribution in [0.2, 0.25) is 0 Å². The van der Waals surface area contributed by atoms with Crippen molar-refractivity contribution in [2.24, 2.45) is 0 Å². The highest BCUT2D eigenvalue weighted by molar-refractivity contribution is 5.67. The molecule has 0 amide bonds. The number of nitrogen functional groups attached to an aromatic ring is 1. The summed E-state index contributed by atoms with van der Waals surface area (Å²) in [5.41, 5.74) is 6.14. The van der Waals surface area contributed by atoms with Crippen LogP contribution in [0, 0.1) is 0 Å². The normalized spacial score (nSPS) is 11.7. The van der Waals surface area contributed by atoms with Crippen LogP contribution in [0.1, 0.15) is 5.82 Å².